The Hall–Kier alpha value is -0.540. The lowest BCUT2D eigenvalue weighted by atomic mass is 10.3. The third-order valence-corrected chi connectivity index (χ3v) is 3.46. The molecule has 2 nitrogen and oxygen atoms in total. The van der Waals surface area contributed by atoms with Crippen LogP contribution in [0.15, 0.2) is 22.8 Å². The molecule has 0 aliphatic rings. The molecular formula is C10H10BrClN2. The molecule has 1 heterocycles. The van der Waals surface area contributed by atoms with Crippen LogP contribution < -0.4 is 0 Å². The number of hydrogen-bond acceptors (Lipinski definition) is 1. The number of fused-ring (bicyclic) bond motifs is 1. The number of rotatable bonds is 1. The predicted molar refractivity (Wildman–Crippen MR) is 62.8 cm³/mol. The summed E-state index contributed by atoms with van der Waals surface area (Å²) in [5, 5.41) is 6.26. The maximum absolute atomic E-state index is 5.98. The first kappa shape index (κ1) is 9.99. The molecule has 4 heteroatoms. The van der Waals surface area contributed by atoms with E-state index in [0.29, 0.717) is 11.1 Å². The Morgan fingerprint density at radius 1 is 1.43 bits per heavy atom. The van der Waals surface area contributed by atoms with Gasteiger partial charge in [0.15, 0.2) is 0 Å². The minimum absolute atomic E-state index is 0.369. The van der Waals surface area contributed by atoms with E-state index in [0.717, 1.165) is 15.4 Å². The summed E-state index contributed by atoms with van der Waals surface area (Å²) in [6, 6.07) is 4.22. The first-order valence-corrected chi connectivity index (χ1v) is 5.59. The van der Waals surface area contributed by atoms with E-state index in [9.17, 15) is 0 Å². The van der Waals surface area contributed by atoms with Gasteiger partial charge in [-0.25, -0.2) is 0 Å². The molecule has 0 saturated carbocycles. The van der Waals surface area contributed by atoms with E-state index < -0.39 is 0 Å². The fraction of sp³-hybridized carbons (Fsp3) is 0.300. The van der Waals surface area contributed by atoms with E-state index in [1.807, 2.05) is 23.0 Å². The lowest BCUT2D eigenvalue weighted by molar-refractivity contribution is 0.537. The molecule has 0 aliphatic heterocycles. The van der Waals surface area contributed by atoms with Crippen LogP contribution >= 0.6 is 27.5 Å². The summed E-state index contributed by atoms with van der Waals surface area (Å²) in [6.45, 7) is 4.20. The average molecular weight is 274 g/mol. The van der Waals surface area contributed by atoms with E-state index in [1.165, 1.54) is 0 Å². The van der Waals surface area contributed by atoms with Crippen LogP contribution in [0.3, 0.4) is 0 Å². The van der Waals surface area contributed by atoms with Crippen LogP contribution in [-0.2, 0) is 0 Å². The molecule has 0 saturated heterocycles. The molecule has 14 heavy (non-hydrogen) atoms. The number of nitrogens with zero attached hydrogens (tertiary/aromatic N) is 2. The Morgan fingerprint density at radius 2 is 2.14 bits per heavy atom. The first-order valence-electron chi connectivity index (χ1n) is 4.42. The minimum atomic E-state index is 0.369. The van der Waals surface area contributed by atoms with Crippen molar-refractivity contribution in [3.8, 4) is 0 Å². The molecule has 74 valence electrons. The van der Waals surface area contributed by atoms with Crippen LogP contribution in [0.1, 0.15) is 19.9 Å². The molecular weight excluding hydrogens is 263 g/mol. The highest BCUT2D eigenvalue weighted by molar-refractivity contribution is 9.10. The van der Waals surface area contributed by atoms with Crippen LogP contribution in [0.25, 0.3) is 10.9 Å². The topological polar surface area (TPSA) is 17.8 Å². The van der Waals surface area contributed by atoms with Crippen molar-refractivity contribution in [2.45, 2.75) is 19.9 Å². The molecule has 0 N–H and O–H groups in total. The second-order valence-electron chi connectivity index (χ2n) is 3.50. The van der Waals surface area contributed by atoms with Gasteiger partial charge in [-0.2, -0.15) is 5.10 Å². The van der Waals surface area contributed by atoms with E-state index in [4.69, 9.17) is 11.6 Å². The van der Waals surface area contributed by atoms with Gasteiger partial charge in [0, 0.05) is 17.6 Å². The fourth-order valence-corrected chi connectivity index (χ4v) is 1.90. The van der Waals surface area contributed by atoms with Crippen LogP contribution in [0.5, 0.6) is 0 Å². The molecule has 2 aromatic rings. The summed E-state index contributed by atoms with van der Waals surface area (Å²) in [5.74, 6) is 0. The standard InChI is InChI=1S/C10H10BrClN2/c1-6(2)14-5-7-3-4-8(12)9(11)10(7)13-14/h3-6H,1-2H3. The first-order chi connectivity index (χ1) is 6.59. The van der Waals surface area contributed by atoms with E-state index in [2.05, 4.69) is 34.9 Å². The quantitative estimate of drug-likeness (QED) is 0.767. The minimum Gasteiger partial charge on any atom is -0.269 e. The number of benzene rings is 1. The summed E-state index contributed by atoms with van der Waals surface area (Å²) >= 11 is 9.42. The van der Waals surface area contributed by atoms with Crippen molar-refractivity contribution in [3.63, 3.8) is 0 Å². The number of hydrogen-bond donors (Lipinski definition) is 0. The van der Waals surface area contributed by atoms with Crippen molar-refractivity contribution in [2.75, 3.05) is 0 Å². The van der Waals surface area contributed by atoms with Crippen LogP contribution in [0.4, 0.5) is 0 Å². The third-order valence-electron chi connectivity index (χ3n) is 2.12. The largest absolute Gasteiger partial charge is 0.269 e. The van der Waals surface area contributed by atoms with Gasteiger partial charge in [-0.05, 0) is 41.9 Å². The second-order valence-corrected chi connectivity index (χ2v) is 4.70. The second kappa shape index (κ2) is 3.55. The van der Waals surface area contributed by atoms with Crippen molar-refractivity contribution in [1.82, 2.24) is 9.78 Å². The Morgan fingerprint density at radius 3 is 2.79 bits per heavy atom. The number of aromatic nitrogens is 2. The molecule has 0 fully saturated rings. The smallest absolute Gasteiger partial charge is 0.108 e. The molecule has 0 spiro atoms. The van der Waals surface area contributed by atoms with Crippen LogP contribution in [-0.4, -0.2) is 9.78 Å². The van der Waals surface area contributed by atoms with Crippen molar-refractivity contribution < 1.29 is 0 Å². The Balaban J connectivity index is 2.71. The molecule has 0 unspecified atom stereocenters. The zero-order chi connectivity index (χ0) is 10.3. The highest BCUT2D eigenvalue weighted by Gasteiger charge is 2.08. The summed E-state index contributed by atoms with van der Waals surface area (Å²) in [5.41, 5.74) is 0.922. The SMILES string of the molecule is CC(C)n1cc2ccc(Cl)c(Br)c2n1. The molecule has 0 aliphatic carbocycles. The van der Waals surface area contributed by atoms with Gasteiger partial charge in [0.1, 0.15) is 5.52 Å². The Kier molecular flexibility index (Phi) is 2.54. The van der Waals surface area contributed by atoms with Gasteiger partial charge in [0.25, 0.3) is 0 Å². The Bertz CT molecular complexity index is 476. The third kappa shape index (κ3) is 1.55. The fourth-order valence-electron chi connectivity index (χ4n) is 1.31. The monoisotopic (exact) mass is 272 g/mol. The molecule has 0 bridgehead atoms. The van der Waals surface area contributed by atoms with Gasteiger partial charge in [0.2, 0.25) is 0 Å². The summed E-state index contributed by atoms with van der Waals surface area (Å²) in [6.07, 6.45) is 2.03. The van der Waals surface area contributed by atoms with E-state index >= 15 is 0 Å². The summed E-state index contributed by atoms with van der Waals surface area (Å²) in [4.78, 5) is 0. The van der Waals surface area contributed by atoms with Crippen molar-refractivity contribution in [1.29, 1.82) is 0 Å². The lowest BCUT2D eigenvalue weighted by Crippen LogP contribution is -1.99. The maximum Gasteiger partial charge on any atom is 0.108 e. The zero-order valence-electron chi connectivity index (χ0n) is 7.96. The van der Waals surface area contributed by atoms with Gasteiger partial charge in [-0.1, -0.05) is 11.6 Å². The molecule has 0 radical (unpaired) electrons. The zero-order valence-corrected chi connectivity index (χ0v) is 10.3. The van der Waals surface area contributed by atoms with Crippen molar-refractivity contribution in [2.24, 2.45) is 0 Å². The van der Waals surface area contributed by atoms with Gasteiger partial charge >= 0.3 is 0 Å². The molecule has 0 atom stereocenters. The van der Waals surface area contributed by atoms with E-state index in [1.54, 1.807) is 0 Å². The molecule has 1 aromatic heterocycles. The van der Waals surface area contributed by atoms with Crippen molar-refractivity contribution >= 4 is 38.4 Å². The maximum atomic E-state index is 5.98. The molecule has 0 amide bonds. The van der Waals surface area contributed by atoms with Crippen LogP contribution in [0.2, 0.25) is 5.02 Å². The molecule has 2 rings (SSSR count). The Labute approximate surface area is 96.0 Å². The summed E-state index contributed by atoms with van der Waals surface area (Å²) < 4.78 is 2.81. The lowest BCUT2D eigenvalue weighted by Gasteiger charge is -2.02. The van der Waals surface area contributed by atoms with Crippen LogP contribution in [0, 0.1) is 0 Å². The van der Waals surface area contributed by atoms with Gasteiger partial charge in [0.05, 0.1) is 9.50 Å². The number of halogens is 2. The van der Waals surface area contributed by atoms with Gasteiger partial charge < -0.3 is 0 Å². The summed E-state index contributed by atoms with van der Waals surface area (Å²) in [7, 11) is 0. The van der Waals surface area contributed by atoms with Crippen molar-refractivity contribution in [3.05, 3.63) is 27.8 Å². The highest BCUT2D eigenvalue weighted by Crippen LogP contribution is 2.30. The average Bonchev–Trinajstić information content (AvgIpc) is 2.56. The normalized spacial score (nSPS) is 11.5. The highest BCUT2D eigenvalue weighted by atomic mass is 79.9. The van der Waals surface area contributed by atoms with Gasteiger partial charge in [-0.15, -0.1) is 0 Å². The van der Waals surface area contributed by atoms with E-state index in [-0.39, 0.29) is 0 Å². The predicted octanol–water partition coefficient (Wildman–Crippen LogP) is 4.03. The molecule has 1 aromatic carbocycles. The van der Waals surface area contributed by atoms with Gasteiger partial charge in [-0.3, -0.25) is 4.68 Å².